The maximum absolute atomic E-state index is 10.9. The van der Waals surface area contributed by atoms with Gasteiger partial charge < -0.3 is 19.8 Å². The molecule has 0 radical (unpaired) electrons. The summed E-state index contributed by atoms with van der Waals surface area (Å²) in [7, 11) is 0. The normalized spacial score (nSPS) is 11.7. The SMILES string of the molecule is CCOc1ccc(N(CC(=O)O)CC(C)C(=O)O)cc1. The molecule has 0 heterocycles. The molecule has 110 valence electrons. The second-order valence-electron chi connectivity index (χ2n) is 4.44. The third kappa shape index (κ3) is 4.79. The van der Waals surface area contributed by atoms with E-state index in [9.17, 15) is 9.59 Å². The van der Waals surface area contributed by atoms with Crippen LogP contribution < -0.4 is 9.64 Å². The predicted octanol–water partition coefficient (Wildman–Crippen LogP) is 1.70. The number of anilines is 1. The average molecular weight is 281 g/mol. The highest BCUT2D eigenvalue weighted by Gasteiger charge is 2.18. The fraction of sp³-hybridized carbons (Fsp3) is 0.429. The highest BCUT2D eigenvalue weighted by atomic mass is 16.5. The van der Waals surface area contributed by atoms with Crippen LogP contribution in [0.2, 0.25) is 0 Å². The van der Waals surface area contributed by atoms with Crippen molar-refractivity contribution in [3.05, 3.63) is 24.3 Å². The van der Waals surface area contributed by atoms with Crippen molar-refractivity contribution in [2.45, 2.75) is 13.8 Å². The van der Waals surface area contributed by atoms with Crippen LogP contribution in [0.15, 0.2) is 24.3 Å². The Balaban J connectivity index is 2.86. The summed E-state index contributed by atoms with van der Waals surface area (Å²) >= 11 is 0. The van der Waals surface area contributed by atoms with Crippen LogP contribution in [0.4, 0.5) is 5.69 Å². The number of ether oxygens (including phenoxy) is 1. The zero-order valence-corrected chi connectivity index (χ0v) is 11.6. The smallest absolute Gasteiger partial charge is 0.323 e. The van der Waals surface area contributed by atoms with Crippen LogP contribution in [-0.4, -0.2) is 41.8 Å². The van der Waals surface area contributed by atoms with Crippen molar-refractivity contribution in [3.63, 3.8) is 0 Å². The Hall–Kier alpha value is -2.24. The zero-order chi connectivity index (χ0) is 15.1. The molecule has 6 heteroatoms. The van der Waals surface area contributed by atoms with E-state index in [1.165, 1.54) is 4.90 Å². The lowest BCUT2D eigenvalue weighted by atomic mass is 10.1. The summed E-state index contributed by atoms with van der Waals surface area (Å²) in [6.07, 6.45) is 0. The number of benzene rings is 1. The molecule has 0 aliphatic heterocycles. The van der Waals surface area contributed by atoms with Gasteiger partial charge in [0.25, 0.3) is 0 Å². The third-order valence-electron chi connectivity index (χ3n) is 2.75. The average Bonchev–Trinajstić information content (AvgIpc) is 2.38. The standard InChI is InChI=1S/C14H19NO5/c1-3-20-12-6-4-11(5-7-12)15(9-13(16)17)8-10(2)14(18)19/h4-7,10H,3,8-9H2,1-2H3,(H,16,17)(H,18,19). The van der Waals surface area contributed by atoms with Gasteiger partial charge in [-0.15, -0.1) is 0 Å². The van der Waals surface area contributed by atoms with E-state index >= 15 is 0 Å². The highest BCUT2D eigenvalue weighted by molar-refractivity contribution is 5.75. The van der Waals surface area contributed by atoms with E-state index in [0.29, 0.717) is 18.0 Å². The second-order valence-corrected chi connectivity index (χ2v) is 4.44. The molecule has 0 aliphatic carbocycles. The lowest BCUT2D eigenvalue weighted by molar-refractivity contribution is -0.141. The summed E-state index contributed by atoms with van der Waals surface area (Å²) in [5.74, 6) is -1.92. The van der Waals surface area contributed by atoms with E-state index in [1.807, 2.05) is 6.92 Å². The molecule has 2 N–H and O–H groups in total. The van der Waals surface area contributed by atoms with Gasteiger partial charge in [-0.1, -0.05) is 6.92 Å². The van der Waals surface area contributed by atoms with E-state index in [2.05, 4.69) is 0 Å². The first-order chi connectivity index (χ1) is 9.43. The highest BCUT2D eigenvalue weighted by Crippen LogP contribution is 2.20. The Labute approximate surface area is 117 Å². The van der Waals surface area contributed by atoms with Gasteiger partial charge >= 0.3 is 11.9 Å². The Bertz CT molecular complexity index is 457. The molecule has 0 saturated heterocycles. The maximum Gasteiger partial charge on any atom is 0.323 e. The molecule has 1 rings (SSSR count). The van der Waals surface area contributed by atoms with Crippen LogP contribution >= 0.6 is 0 Å². The lowest BCUT2D eigenvalue weighted by Gasteiger charge is -2.25. The molecule has 1 aromatic carbocycles. The summed E-state index contributed by atoms with van der Waals surface area (Å²) in [6.45, 7) is 3.86. The monoisotopic (exact) mass is 281 g/mol. The molecule has 1 aromatic rings. The summed E-state index contributed by atoms with van der Waals surface area (Å²) in [6, 6.07) is 6.92. The van der Waals surface area contributed by atoms with E-state index in [4.69, 9.17) is 14.9 Å². The van der Waals surface area contributed by atoms with Gasteiger partial charge in [0.2, 0.25) is 0 Å². The van der Waals surface area contributed by atoms with Crippen LogP contribution in [0.5, 0.6) is 5.75 Å². The van der Waals surface area contributed by atoms with Crippen molar-refractivity contribution < 1.29 is 24.5 Å². The topological polar surface area (TPSA) is 87.1 Å². The van der Waals surface area contributed by atoms with Gasteiger partial charge in [-0.05, 0) is 31.2 Å². The molecular weight excluding hydrogens is 262 g/mol. The third-order valence-corrected chi connectivity index (χ3v) is 2.75. The number of hydrogen-bond acceptors (Lipinski definition) is 4. The van der Waals surface area contributed by atoms with Gasteiger partial charge in [-0.25, -0.2) is 0 Å². The van der Waals surface area contributed by atoms with Crippen LogP contribution in [0.3, 0.4) is 0 Å². The molecule has 0 spiro atoms. The summed E-state index contributed by atoms with van der Waals surface area (Å²) in [4.78, 5) is 23.3. The van der Waals surface area contributed by atoms with Gasteiger partial charge in [0.15, 0.2) is 0 Å². The minimum absolute atomic E-state index is 0.135. The molecule has 0 fully saturated rings. The second kappa shape index (κ2) is 7.37. The van der Waals surface area contributed by atoms with E-state index in [-0.39, 0.29) is 13.1 Å². The Morgan fingerprint density at radius 2 is 1.85 bits per heavy atom. The van der Waals surface area contributed by atoms with Gasteiger partial charge in [0, 0.05) is 12.2 Å². The minimum Gasteiger partial charge on any atom is -0.494 e. The molecule has 1 unspecified atom stereocenters. The van der Waals surface area contributed by atoms with Crippen molar-refractivity contribution >= 4 is 17.6 Å². The van der Waals surface area contributed by atoms with Crippen molar-refractivity contribution in [3.8, 4) is 5.75 Å². The Morgan fingerprint density at radius 1 is 1.25 bits per heavy atom. The molecule has 20 heavy (non-hydrogen) atoms. The molecule has 0 aromatic heterocycles. The summed E-state index contributed by atoms with van der Waals surface area (Å²) in [5, 5.41) is 17.9. The minimum atomic E-state index is -1.00. The quantitative estimate of drug-likeness (QED) is 0.754. The number of aliphatic carboxylic acids is 2. The van der Waals surface area contributed by atoms with Gasteiger partial charge in [0.05, 0.1) is 12.5 Å². The first-order valence-corrected chi connectivity index (χ1v) is 6.36. The molecule has 6 nitrogen and oxygen atoms in total. The van der Waals surface area contributed by atoms with Crippen LogP contribution in [0, 0.1) is 5.92 Å². The lowest BCUT2D eigenvalue weighted by Crippen LogP contribution is -2.35. The van der Waals surface area contributed by atoms with Crippen molar-refractivity contribution in [2.75, 3.05) is 24.6 Å². The summed E-state index contributed by atoms with van der Waals surface area (Å²) in [5.41, 5.74) is 0.656. The number of hydrogen-bond donors (Lipinski definition) is 2. The molecule has 0 saturated carbocycles. The van der Waals surface area contributed by atoms with Crippen molar-refractivity contribution in [1.29, 1.82) is 0 Å². The van der Waals surface area contributed by atoms with E-state index in [0.717, 1.165) is 0 Å². The molecule has 0 aliphatic rings. The fourth-order valence-corrected chi connectivity index (χ4v) is 1.75. The van der Waals surface area contributed by atoms with Crippen LogP contribution in [0.25, 0.3) is 0 Å². The molecule has 1 atom stereocenters. The molecular formula is C14H19NO5. The van der Waals surface area contributed by atoms with Crippen molar-refractivity contribution in [1.82, 2.24) is 0 Å². The number of nitrogens with zero attached hydrogens (tertiary/aromatic N) is 1. The number of rotatable bonds is 8. The Kier molecular flexibility index (Phi) is 5.83. The first-order valence-electron chi connectivity index (χ1n) is 6.36. The maximum atomic E-state index is 10.9. The fourth-order valence-electron chi connectivity index (χ4n) is 1.75. The largest absolute Gasteiger partial charge is 0.494 e. The van der Waals surface area contributed by atoms with E-state index < -0.39 is 17.9 Å². The Morgan fingerprint density at radius 3 is 2.30 bits per heavy atom. The zero-order valence-electron chi connectivity index (χ0n) is 11.6. The first kappa shape index (κ1) is 15.8. The number of carboxylic acid groups (broad SMARTS) is 2. The van der Waals surface area contributed by atoms with Gasteiger partial charge in [0.1, 0.15) is 12.3 Å². The predicted molar refractivity (Wildman–Crippen MR) is 74.3 cm³/mol. The van der Waals surface area contributed by atoms with Gasteiger partial charge in [-0.3, -0.25) is 9.59 Å². The van der Waals surface area contributed by atoms with Crippen LogP contribution in [0.1, 0.15) is 13.8 Å². The van der Waals surface area contributed by atoms with Gasteiger partial charge in [-0.2, -0.15) is 0 Å². The number of carboxylic acids is 2. The van der Waals surface area contributed by atoms with Crippen LogP contribution in [-0.2, 0) is 9.59 Å². The molecule has 0 bridgehead atoms. The summed E-state index contributed by atoms with van der Waals surface area (Å²) < 4.78 is 5.31. The van der Waals surface area contributed by atoms with E-state index in [1.54, 1.807) is 31.2 Å². The molecule has 0 amide bonds. The number of carbonyl (C=O) groups is 2. The van der Waals surface area contributed by atoms with Crippen molar-refractivity contribution in [2.24, 2.45) is 5.92 Å².